The Labute approximate surface area is 176 Å². The molecule has 0 unspecified atom stereocenters. The molecule has 2 aromatic carbocycles. The molecule has 1 saturated heterocycles. The van der Waals surface area contributed by atoms with Crippen LogP contribution in [0.3, 0.4) is 0 Å². The van der Waals surface area contributed by atoms with Crippen LogP contribution in [0.5, 0.6) is 0 Å². The summed E-state index contributed by atoms with van der Waals surface area (Å²) in [5.74, 6) is 0.174. The van der Waals surface area contributed by atoms with E-state index in [4.69, 9.17) is 4.74 Å². The lowest BCUT2D eigenvalue weighted by Gasteiger charge is -2.53. The first-order valence-electron chi connectivity index (χ1n) is 10.9. The Bertz CT molecular complexity index is 686. The highest BCUT2D eigenvalue weighted by atomic mass is 16.5. The van der Waals surface area contributed by atoms with Crippen LogP contribution in [0, 0.1) is 0 Å². The van der Waals surface area contributed by atoms with Crippen LogP contribution in [-0.2, 0) is 4.74 Å². The Kier molecular flexibility index (Phi) is 7.15. The van der Waals surface area contributed by atoms with Crippen molar-refractivity contribution < 1.29 is 9.84 Å². The van der Waals surface area contributed by atoms with Gasteiger partial charge in [0.05, 0.1) is 19.3 Å². The zero-order chi connectivity index (χ0) is 20.9. The molecule has 1 heterocycles. The third-order valence-electron chi connectivity index (χ3n) is 6.43. The molecule has 0 amide bonds. The minimum Gasteiger partial charge on any atom is -0.389 e. The largest absolute Gasteiger partial charge is 0.389 e. The topological polar surface area (TPSA) is 32.7 Å². The molecule has 3 nitrogen and oxygen atoms in total. The van der Waals surface area contributed by atoms with E-state index in [9.17, 15) is 5.11 Å². The third kappa shape index (κ3) is 5.69. The molecule has 3 rings (SSSR count). The number of β-amino-alcohol motifs (C(OH)–C–C–N with tert-alkyl or cyclic N) is 1. The molecule has 1 atom stereocenters. The normalized spacial score (nSPS) is 19.9. The van der Waals surface area contributed by atoms with Gasteiger partial charge >= 0.3 is 0 Å². The van der Waals surface area contributed by atoms with Gasteiger partial charge in [0.1, 0.15) is 0 Å². The van der Waals surface area contributed by atoms with E-state index < -0.39 is 6.10 Å². The molecular weight excluding hydrogens is 358 g/mol. The van der Waals surface area contributed by atoms with Crippen LogP contribution in [0.25, 0.3) is 0 Å². The predicted octanol–water partition coefficient (Wildman–Crippen LogP) is 5.24. The summed E-state index contributed by atoms with van der Waals surface area (Å²) < 4.78 is 6.07. The highest BCUT2D eigenvalue weighted by Gasteiger charge is 2.41. The van der Waals surface area contributed by atoms with Crippen LogP contribution >= 0.6 is 0 Å². The quantitative estimate of drug-likeness (QED) is 0.663. The highest BCUT2D eigenvalue weighted by Crippen LogP contribution is 2.38. The van der Waals surface area contributed by atoms with E-state index in [-0.39, 0.29) is 17.0 Å². The molecule has 1 aliphatic heterocycles. The van der Waals surface area contributed by atoms with Crippen LogP contribution in [0.1, 0.15) is 64.0 Å². The predicted molar refractivity (Wildman–Crippen MR) is 120 cm³/mol. The first kappa shape index (κ1) is 22.0. The number of benzene rings is 2. The van der Waals surface area contributed by atoms with Crippen molar-refractivity contribution in [3.05, 3.63) is 71.8 Å². The molecular formula is C26H37NO2. The van der Waals surface area contributed by atoms with Crippen LogP contribution < -0.4 is 0 Å². The average molecular weight is 396 g/mol. The number of rotatable bonds is 8. The number of ether oxygens (including phenoxy) is 1. The smallest absolute Gasteiger partial charge is 0.0900 e. The van der Waals surface area contributed by atoms with Crippen molar-refractivity contribution in [2.24, 2.45) is 0 Å². The van der Waals surface area contributed by atoms with E-state index in [2.05, 4.69) is 81.1 Å². The number of aliphatic hydroxyl groups is 1. The van der Waals surface area contributed by atoms with Crippen molar-refractivity contribution in [3.8, 4) is 0 Å². The molecule has 3 heteroatoms. The molecule has 29 heavy (non-hydrogen) atoms. The summed E-state index contributed by atoms with van der Waals surface area (Å²) in [6.45, 7) is 10.8. The Morgan fingerprint density at radius 2 is 1.31 bits per heavy atom. The maximum Gasteiger partial charge on any atom is 0.0900 e. The van der Waals surface area contributed by atoms with Crippen molar-refractivity contribution in [2.75, 3.05) is 19.8 Å². The number of piperidine rings is 1. The molecule has 2 aromatic rings. The van der Waals surface area contributed by atoms with Gasteiger partial charge in [-0.2, -0.15) is 0 Å². The number of aliphatic hydroxyl groups excluding tert-OH is 1. The van der Waals surface area contributed by atoms with Crippen molar-refractivity contribution in [2.45, 2.75) is 70.1 Å². The fraction of sp³-hybridized carbons (Fsp3) is 0.538. The molecule has 0 saturated carbocycles. The maximum atomic E-state index is 10.8. The second-order valence-corrected chi connectivity index (χ2v) is 9.65. The summed E-state index contributed by atoms with van der Waals surface area (Å²) >= 11 is 0. The Morgan fingerprint density at radius 3 is 1.79 bits per heavy atom. The minimum atomic E-state index is -0.487. The zero-order valence-corrected chi connectivity index (χ0v) is 18.5. The summed E-state index contributed by atoms with van der Waals surface area (Å²) in [6, 6.07) is 21.0. The van der Waals surface area contributed by atoms with Gasteiger partial charge in [0, 0.05) is 23.5 Å². The monoisotopic (exact) mass is 395 g/mol. The molecule has 158 valence electrons. The molecule has 0 bridgehead atoms. The second-order valence-electron chi connectivity index (χ2n) is 9.65. The molecule has 0 aliphatic carbocycles. The standard InChI is InChI=1S/C26H37NO2/c1-25(2)16-11-17-26(3,4)27(25)18-23(28)19-29-20-24(21-12-7-5-8-13-21)22-14-9-6-10-15-22/h5-10,12-15,23-24,28H,11,16-20H2,1-4H3/t23-/m1/s1. The lowest BCUT2D eigenvalue weighted by Crippen LogP contribution is -2.60. The van der Waals surface area contributed by atoms with E-state index in [1.807, 2.05) is 12.1 Å². The molecule has 0 aromatic heterocycles. The summed E-state index contributed by atoms with van der Waals surface area (Å²) in [5.41, 5.74) is 2.71. The van der Waals surface area contributed by atoms with Gasteiger partial charge in [-0.1, -0.05) is 60.7 Å². The van der Waals surface area contributed by atoms with E-state index in [1.54, 1.807) is 0 Å². The lowest BCUT2D eigenvalue weighted by molar-refractivity contribution is -0.0702. The SMILES string of the molecule is CC1(C)CCCC(C)(C)N1C[C@@H](O)COCC(c1ccccc1)c1ccccc1. The van der Waals surface area contributed by atoms with E-state index >= 15 is 0 Å². The van der Waals surface area contributed by atoms with Crippen molar-refractivity contribution >= 4 is 0 Å². The molecule has 1 N–H and O–H groups in total. The van der Waals surface area contributed by atoms with E-state index in [0.29, 0.717) is 19.8 Å². The fourth-order valence-corrected chi connectivity index (χ4v) is 4.88. The van der Waals surface area contributed by atoms with Gasteiger partial charge in [0.15, 0.2) is 0 Å². The Morgan fingerprint density at radius 1 is 0.828 bits per heavy atom. The first-order valence-corrected chi connectivity index (χ1v) is 10.9. The van der Waals surface area contributed by atoms with Crippen molar-refractivity contribution in [1.82, 2.24) is 4.90 Å². The van der Waals surface area contributed by atoms with Gasteiger partial charge in [-0.15, -0.1) is 0 Å². The second kappa shape index (κ2) is 9.42. The number of hydrogen-bond acceptors (Lipinski definition) is 3. The zero-order valence-electron chi connectivity index (χ0n) is 18.5. The summed E-state index contributed by atoms with van der Waals surface area (Å²) in [4.78, 5) is 2.48. The van der Waals surface area contributed by atoms with Gasteiger partial charge in [-0.05, 0) is 58.1 Å². The molecule has 0 spiro atoms. The van der Waals surface area contributed by atoms with E-state index in [0.717, 1.165) is 0 Å². The number of likely N-dealkylation sites (tertiary alicyclic amines) is 1. The molecule has 0 radical (unpaired) electrons. The average Bonchev–Trinajstić information content (AvgIpc) is 2.69. The van der Waals surface area contributed by atoms with Crippen LogP contribution in [0.2, 0.25) is 0 Å². The maximum absolute atomic E-state index is 10.8. The third-order valence-corrected chi connectivity index (χ3v) is 6.43. The lowest BCUT2D eigenvalue weighted by atomic mass is 9.79. The van der Waals surface area contributed by atoms with E-state index in [1.165, 1.54) is 30.4 Å². The number of nitrogens with zero attached hydrogens (tertiary/aromatic N) is 1. The van der Waals surface area contributed by atoms with Gasteiger partial charge in [0.2, 0.25) is 0 Å². The van der Waals surface area contributed by atoms with Gasteiger partial charge in [0.25, 0.3) is 0 Å². The van der Waals surface area contributed by atoms with Crippen LogP contribution in [0.4, 0.5) is 0 Å². The van der Waals surface area contributed by atoms with Gasteiger partial charge < -0.3 is 9.84 Å². The summed E-state index contributed by atoms with van der Waals surface area (Å²) in [7, 11) is 0. The van der Waals surface area contributed by atoms with Crippen LogP contribution in [0.15, 0.2) is 60.7 Å². The van der Waals surface area contributed by atoms with Gasteiger partial charge in [-0.25, -0.2) is 0 Å². The fourth-order valence-electron chi connectivity index (χ4n) is 4.88. The Balaban J connectivity index is 1.61. The van der Waals surface area contributed by atoms with Crippen molar-refractivity contribution in [3.63, 3.8) is 0 Å². The minimum absolute atomic E-state index is 0.110. The number of hydrogen-bond donors (Lipinski definition) is 1. The van der Waals surface area contributed by atoms with Gasteiger partial charge in [-0.3, -0.25) is 4.90 Å². The first-order chi connectivity index (χ1) is 13.8. The highest BCUT2D eigenvalue weighted by molar-refractivity contribution is 5.32. The summed E-state index contributed by atoms with van der Waals surface area (Å²) in [6.07, 6.45) is 3.11. The van der Waals surface area contributed by atoms with Crippen LogP contribution in [-0.4, -0.2) is 46.9 Å². The molecule has 1 aliphatic rings. The summed E-state index contributed by atoms with van der Waals surface area (Å²) in [5, 5.41) is 10.8. The Hall–Kier alpha value is -1.68. The van der Waals surface area contributed by atoms with Crippen molar-refractivity contribution in [1.29, 1.82) is 0 Å². The molecule has 1 fully saturated rings.